The fraction of sp³-hybridized carbons (Fsp3) is 0.467. The van der Waals surface area contributed by atoms with Crippen LogP contribution in [0.5, 0.6) is 0 Å². The number of sulfonamides is 1. The van der Waals surface area contributed by atoms with E-state index in [1.165, 1.54) is 12.1 Å². The van der Waals surface area contributed by atoms with Crippen LogP contribution in [0.15, 0.2) is 23.1 Å². The molecule has 0 aromatic heterocycles. The molecule has 0 heterocycles. The number of nitrogens with two attached hydrogens (primary N) is 1. The van der Waals surface area contributed by atoms with Gasteiger partial charge in [0.2, 0.25) is 10.0 Å². The van der Waals surface area contributed by atoms with Crippen molar-refractivity contribution in [1.29, 1.82) is 0 Å². The quantitative estimate of drug-likeness (QED) is 0.812. The summed E-state index contributed by atoms with van der Waals surface area (Å²) in [7, 11) is -3.81. The van der Waals surface area contributed by atoms with Gasteiger partial charge >= 0.3 is 0 Å². The minimum absolute atomic E-state index is 0.0638. The number of benzene rings is 1. The summed E-state index contributed by atoms with van der Waals surface area (Å²) < 4.78 is 40.9. The maximum Gasteiger partial charge on any atom is 0.243 e. The Morgan fingerprint density at radius 1 is 1.48 bits per heavy atom. The normalized spacial score (nSPS) is 20.7. The van der Waals surface area contributed by atoms with E-state index in [1.54, 1.807) is 0 Å². The van der Waals surface area contributed by atoms with Gasteiger partial charge in [0, 0.05) is 11.6 Å². The molecule has 0 aliphatic heterocycles. The molecular formula is C15H19FN2O2S. The van der Waals surface area contributed by atoms with Crippen LogP contribution in [0.25, 0.3) is 0 Å². The van der Waals surface area contributed by atoms with Gasteiger partial charge in [-0.1, -0.05) is 25.2 Å². The van der Waals surface area contributed by atoms with E-state index in [4.69, 9.17) is 5.73 Å². The topological polar surface area (TPSA) is 72.2 Å². The zero-order valence-corrected chi connectivity index (χ0v) is 12.7. The Labute approximate surface area is 125 Å². The summed E-state index contributed by atoms with van der Waals surface area (Å²) in [5, 5.41) is 0. The van der Waals surface area contributed by atoms with Gasteiger partial charge in [0.25, 0.3) is 0 Å². The highest BCUT2D eigenvalue weighted by atomic mass is 32.2. The van der Waals surface area contributed by atoms with E-state index in [9.17, 15) is 12.8 Å². The third kappa shape index (κ3) is 4.03. The Bertz CT molecular complexity index is 677. The highest BCUT2D eigenvalue weighted by molar-refractivity contribution is 7.89. The van der Waals surface area contributed by atoms with Gasteiger partial charge < -0.3 is 5.73 Å². The fourth-order valence-corrected chi connectivity index (χ4v) is 3.67. The first-order chi connectivity index (χ1) is 9.97. The third-order valence-corrected chi connectivity index (χ3v) is 4.97. The lowest BCUT2D eigenvalue weighted by Gasteiger charge is -2.07. The zero-order valence-electron chi connectivity index (χ0n) is 11.9. The summed E-state index contributed by atoms with van der Waals surface area (Å²) in [4.78, 5) is -0.331. The van der Waals surface area contributed by atoms with Crippen molar-refractivity contribution in [3.8, 4) is 11.8 Å². The lowest BCUT2D eigenvalue weighted by atomic mass is 10.2. The van der Waals surface area contributed by atoms with Crippen LogP contribution in [-0.4, -0.2) is 21.0 Å². The highest BCUT2D eigenvalue weighted by Crippen LogP contribution is 2.35. The summed E-state index contributed by atoms with van der Waals surface area (Å²) in [5.41, 5.74) is 5.65. The molecule has 2 atom stereocenters. The van der Waals surface area contributed by atoms with Crippen molar-refractivity contribution in [2.75, 3.05) is 6.54 Å². The first kappa shape index (κ1) is 16.0. The van der Waals surface area contributed by atoms with Gasteiger partial charge in [-0.3, -0.25) is 0 Å². The molecule has 21 heavy (non-hydrogen) atoms. The predicted octanol–water partition coefficient (Wildman–Crippen LogP) is 1.60. The summed E-state index contributed by atoms with van der Waals surface area (Å²) in [6.45, 7) is 2.23. The van der Waals surface area contributed by atoms with E-state index in [-0.39, 0.29) is 17.5 Å². The van der Waals surface area contributed by atoms with Crippen LogP contribution in [0.1, 0.15) is 31.7 Å². The standard InChI is InChI=1S/C15H19FN2O2S/c1-2-4-12-10-14(12)18-21(19,20)15-7-6-11(5-3-8-17)9-13(15)16/h6-7,9,12,14,18H,2,4,8,10,17H2,1H3. The molecule has 0 spiro atoms. The molecule has 0 bridgehead atoms. The summed E-state index contributed by atoms with van der Waals surface area (Å²) in [6, 6.07) is 3.78. The maximum atomic E-state index is 14.0. The fourth-order valence-electron chi connectivity index (χ4n) is 2.29. The van der Waals surface area contributed by atoms with Crippen LogP contribution in [0.2, 0.25) is 0 Å². The number of hydrogen-bond donors (Lipinski definition) is 2. The first-order valence-corrected chi connectivity index (χ1v) is 8.47. The molecule has 0 saturated heterocycles. The average Bonchev–Trinajstić information content (AvgIpc) is 3.13. The minimum atomic E-state index is -3.81. The monoisotopic (exact) mass is 310 g/mol. The van der Waals surface area contributed by atoms with Crippen LogP contribution >= 0.6 is 0 Å². The SMILES string of the molecule is CCCC1CC1NS(=O)(=O)c1ccc(C#CCN)cc1F. The van der Waals surface area contributed by atoms with Gasteiger partial charge in [0.05, 0.1) is 6.54 Å². The molecular weight excluding hydrogens is 291 g/mol. The van der Waals surface area contributed by atoms with Gasteiger partial charge in [-0.2, -0.15) is 0 Å². The zero-order chi connectivity index (χ0) is 15.5. The van der Waals surface area contributed by atoms with E-state index in [0.29, 0.717) is 11.5 Å². The molecule has 1 fully saturated rings. The molecule has 4 nitrogen and oxygen atoms in total. The Hall–Kier alpha value is -1.42. The smallest absolute Gasteiger partial charge is 0.243 e. The summed E-state index contributed by atoms with van der Waals surface area (Å²) in [6.07, 6.45) is 2.84. The Morgan fingerprint density at radius 3 is 2.86 bits per heavy atom. The van der Waals surface area contributed by atoms with Gasteiger partial charge in [-0.05, 0) is 37.0 Å². The molecule has 2 rings (SSSR count). The van der Waals surface area contributed by atoms with Crippen LogP contribution in [0.4, 0.5) is 4.39 Å². The van der Waals surface area contributed by atoms with Gasteiger partial charge in [0.15, 0.2) is 0 Å². The second kappa shape index (κ2) is 6.56. The predicted molar refractivity (Wildman–Crippen MR) is 79.5 cm³/mol. The Balaban J connectivity index is 2.13. The molecule has 114 valence electrons. The van der Waals surface area contributed by atoms with Crippen molar-refractivity contribution in [1.82, 2.24) is 4.72 Å². The molecule has 0 amide bonds. The molecule has 1 aliphatic rings. The van der Waals surface area contributed by atoms with Gasteiger partial charge in [0.1, 0.15) is 10.7 Å². The largest absolute Gasteiger partial charge is 0.320 e. The Morgan fingerprint density at radius 2 is 2.24 bits per heavy atom. The molecule has 6 heteroatoms. The van der Waals surface area contributed by atoms with Gasteiger partial charge in [-0.25, -0.2) is 17.5 Å². The lowest BCUT2D eigenvalue weighted by molar-refractivity contribution is 0.551. The first-order valence-electron chi connectivity index (χ1n) is 6.98. The molecule has 3 N–H and O–H groups in total. The van der Waals surface area contributed by atoms with Crippen LogP contribution < -0.4 is 10.5 Å². The van der Waals surface area contributed by atoms with Crippen LogP contribution in [-0.2, 0) is 10.0 Å². The van der Waals surface area contributed by atoms with Crippen molar-refractivity contribution in [2.24, 2.45) is 11.7 Å². The average molecular weight is 310 g/mol. The molecule has 2 unspecified atom stereocenters. The number of hydrogen-bond acceptors (Lipinski definition) is 3. The molecule has 1 aliphatic carbocycles. The van der Waals surface area contributed by atoms with Crippen molar-refractivity contribution >= 4 is 10.0 Å². The van der Waals surface area contributed by atoms with E-state index in [1.807, 2.05) is 0 Å². The van der Waals surface area contributed by atoms with E-state index < -0.39 is 15.8 Å². The van der Waals surface area contributed by atoms with Crippen molar-refractivity contribution < 1.29 is 12.8 Å². The van der Waals surface area contributed by atoms with Crippen molar-refractivity contribution in [3.05, 3.63) is 29.6 Å². The van der Waals surface area contributed by atoms with Gasteiger partial charge in [-0.15, -0.1) is 0 Å². The third-order valence-electron chi connectivity index (χ3n) is 3.44. The lowest BCUT2D eigenvalue weighted by Crippen LogP contribution is -2.27. The summed E-state index contributed by atoms with van der Waals surface area (Å²) >= 11 is 0. The molecule has 1 aromatic rings. The number of rotatable bonds is 5. The van der Waals surface area contributed by atoms with Crippen LogP contribution in [0, 0.1) is 23.6 Å². The number of nitrogens with one attached hydrogen (secondary N) is 1. The van der Waals surface area contributed by atoms with Crippen molar-refractivity contribution in [2.45, 2.75) is 37.1 Å². The van der Waals surface area contributed by atoms with E-state index >= 15 is 0 Å². The van der Waals surface area contributed by atoms with E-state index in [0.717, 1.165) is 25.3 Å². The second-order valence-corrected chi connectivity index (χ2v) is 6.85. The molecule has 0 radical (unpaired) electrons. The maximum absolute atomic E-state index is 14.0. The van der Waals surface area contributed by atoms with E-state index in [2.05, 4.69) is 23.5 Å². The highest BCUT2D eigenvalue weighted by Gasteiger charge is 2.39. The second-order valence-electron chi connectivity index (χ2n) is 5.16. The summed E-state index contributed by atoms with van der Waals surface area (Å²) in [5.74, 6) is 4.85. The Kier molecular flexibility index (Phi) is 4.99. The van der Waals surface area contributed by atoms with Crippen molar-refractivity contribution in [3.63, 3.8) is 0 Å². The molecule has 1 aromatic carbocycles. The molecule has 1 saturated carbocycles. The minimum Gasteiger partial charge on any atom is -0.320 e. The number of halogens is 1. The van der Waals surface area contributed by atoms with Crippen LogP contribution in [0.3, 0.4) is 0 Å².